The van der Waals surface area contributed by atoms with Crippen LogP contribution in [0, 0.1) is 0 Å². The van der Waals surface area contributed by atoms with Gasteiger partial charge in [-0.05, 0) is 58.6 Å². The van der Waals surface area contributed by atoms with E-state index in [0.717, 1.165) is 5.82 Å². The lowest BCUT2D eigenvalue weighted by Gasteiger charge is -2.40. The number of likely N-dealkylation sites (tertiary alicyclic amines) is 1. The lowest BCUT2D eigenvalue weighted by molar-refractivity contribution is 0.112. The predicted molar refractivity (Wildman–Crippen MR) is 83.9 cm³/mol. The van der Waals surface area contributed by atoms with Crippen LogP contribution in [0.15, 0.2) is 18.3 Å². The zero-order valence-corrected chi connectivity index (χ0v) is 12.8. The number of hydrogen-bond donors (Lipinski definition) is 1. The molecule has 1 saturated carbocycles. The van der Waals surface area contributed by atoms with Crippen molar-refractivity contribution in [3.63, 3.8) is 0 Å². The Morgan fingerprint density at radius 1 is 1.20 bits per heavy atom. The van der Waals surface area contributed by atoms with Crippen LogP contribution in [0.2, 0.25) is 0 Å². The molecule has 1 aliphatic heterocycles. The summed E-state index contributed by atoms with van der Waals surface area (Å²) in [6.07, 6.45) is 9.83. The first kappa shape index (κ1) is 13.9. The van der Waals surface area contributed by atoms with Gasteiger partial charge in [-0.15, -0.1) is 0 Å². The van der Waals surface area contributed by atoms with Crippen molar-refractivity contribution in [1.82, 2.24) is 9.88 Å². The van der Waals surface area contributed by atoms with E-state index in [0.29, 0.717) is 18.1 Å². The maximum atomic E-state index is 4.63. The molecule has 3 rings (SSSR count). The number of hydrogen-bond acceptors (Lipinski definition) is 3. The van der Waals surface area contributed by atoms with E-state index in [1.165, 1.54) is 50.6 Å². The molecule has 1 aromatic rings. The molecular formula is C17H27N3. The fourth-order valence-electron chi connectivity index (χ4n) is 3.46. The van der Waals surface area contributed by atoms with Crippen LogP contribution in [0.1, 0.15) is 64.0 Å². The minimum Gasteiger partial charge on any atom is -0.367 e. The van der Waals surface area contributed by atoms with E-state index in [4.69, 9.17) is 0 Å². The summed E-state index contributed by atoms with van der Waals surface area (Å²) in [6, 6.07) is 6.17. The average Bonchev–Trinajstić information content (AvgIpc) is 2.43. The van der Waals surface area contributed by atoms with Gasteiger partial charge >= 0.3 is 0 Å². The Balaban J connectivity index is 1.83. The minimum atomic E-state index is 0.542. The molecule has 3 heteroatoms. The first-order valence-electron chi connectivity index (χ1n) is 8.23. The lowest BCUT2D eigenvalue weighted by Crippen LogP contribution is -2.39. The molecule has 2 heterocycles. The largest absolute Gasteiger partial charge is 0.367 e. The van der Waals surface area contributed by atoms with Gasteiger partial charge in [-0.2, -0.15) is 0 Å². The van der Waals surface area contributed by atoms with E-state index in [2.05, 4.69) is 41.2 Å². The van der Waals surface area contributed by atoms with Crippen LogP contribution in [0.5, 0.6) is 0 Å². The molecule has 2 fully saturated rings. The maximum Gasteiger partial charge on any atom is 0.130 e. The van der Waals surface area contributed by atoms with E-state index in [1.54, 1.807) is 0 Å². The summed E-state index contributed by atoms with van der Waals surface area (Å²) >= 11 is 0. The summed E-state index contributed by atoms with van der Waals surface area (Å²) in [4.78, 5) is 7.28. The summed E-state index contributed by atoms with van der Waals surface area (Å²) in [5, 5.41) is 3.67. The average molecular weight is 273 g/mol. The molecule has 1 aromatic heterocycles. The monoisotopic (exact) mass is 273 g/mol. The highest BCUT2D eigenvalue weighted by molar-refractivity contribution is 5.47. The molecule has 1 N–H and O–H groups in total. The molecule has 20 heavy (non-hydrogen) atoms. The van der Waals surface area contributed by atoms with Gasteiger partial charge in [0, 0.05) is 29.9 Å². The van der Waals surface area contributed by atoms with Crippen molar-refractivity contribution in [3.05, 3.63) is 23.9 Å². The van der Waals surface area contributed by atoms with Gasteiger partial charge in [-0.1, -0.05) is 12.5 Å². The topological polar surface area (TPSA) is 28.2 Å². The fourth-order valence-corrected chi connectivity index (χ4v) is 3.46. The Kier molecular flexibility index (Phi) is 4.25. The Bertz CT molecular complexity index is 440. The lowest BCUT2D eigenvalue weighted by atomic mass is 9.91. The van der Waals surface area contributed by atoms with Gasteiger partial charge in [0.25, 0.3) is 0 Å². The van der Waals surface area contributed by atoms with Gasteiger partial charge in [0.05, 0.1) is 0 Å². The molecule has 1 saturated heterocycles. The Morgan fingerprint density at radius 3 is 2.75 bits per heavy atom. The van der Waals surface area contributed by atoms with Crippen molar-refractivity contribution in [3.8, 4) is 0 Å². The number of aromatic nitrogens is 1. The third-order valence-corrected chi connectivity index (χ3v) is 4.85. The molecule has 0 spiro atoms. The van der Waals surface area contributed by atoms with Crippen molar-refractivity contribution >= 4 is 5.82 Å². The number of piperidine rings is 1. The van der Waals surface area contributed by atoms with Gasteiger partial charge in [-0.3, -0.25) is 4.90 Å². The number of nitrogens with one attached hydrogen (secondary N) is 1. The normalized spacial score (nSPS) is 24.6. The second kappa shape index (κ2) is 6.13. The van der Waals surface area contributed by atoms with Crippen molar-refractivity contribution in [2.75, 3.05) is 11.9 Å². The van der Waals surface area contributed by atoms with Gasteiger partial charge in [-0.25, -0.2) is 4.98 Å². The molecular weight excluding hydrogens is 246 g/mol. The highest BCUT2D eigenvalue weighted by Crippen LogP contribution is 2.36. The van der Waals surface area contributed by atoms with E-state index < -0.39 is 0 Å². The fraction of sp³-hybridized carbons (Fsp3) is 0.706. The summed E-state index contributed by atoms with van der Waals surface area (Å²) < 4.78 is 0. The van der Waals surface area contributed by atoms with Crippen LogP contribution in [-0.2, 0) is 0 Å². The second-order valence-corrected chi connectivity index (χ2v) is 6.56. The predicted octanol–water partition coefficient (Wildman–Crippen LogP) is 3.98. The first-order valence-corrected chi connectivity index (χ1v) is 8.23. The molecule has 0 bridgehead atoms. The maximum absolute atomic E-state index is 4.63. The highest BCUT2D eigenvalue weighted by Gasteiger charge is 2.29. The van der Waals surface area contributed by atoms with Crippen LogP contribution in [0.3, 0.4) is 0 Å². The van der Waals surface area contributed by atoms with Crippen LogP contribution in [0.25, 0.3) is 0 Å². The molecule has 0 aromatic carbocycles. The smallest absolute Gasteiger partial charge is 0.130 e. The Hall–Kier alpha value is -1.09. The highest BCUT2D eigenvalue weighted by atomic mass is 15.2. The molecule has 1 atom stereocenters. The number of pyridine rings is 1. The van der Waals surface area contributed by atoms with E-state index >= 15 is 0 Å². The molecule has 2 aliphatic rings. The molecule has 3 nitrogen and oxygen atoms in total. The second-order valence-electron chi connectivity index (χ2n) is 6.56. The quantitative estimate of drug-likeness (QED) is 0.899. The summed E-state index contributed by atoms with van der Waals surface area (Å²) in [5.41, 5.74) is 1.41. The number of rotatable bonds is 4. The van der Waals surface area contributed by atoms with Crippen LogP contribution in [-0.4, -0.2) is 28.5 Å². The minimum absolute atomic E-state index is 0.542. The SMILES string of the molecule is CC(C)N1CCCC[C@H]1c1cccnc1NC1CCC1. The van der Waals surface area contributed by atoms with E-state index in [9.17, 15) is 0 Å². The molecule has 0 unspecified atom stereocenters. The van der Waals surface area contributed by atoms with Gasteiger partial charge in [0.15, 0.2) is 0 Å². The molecule has 0 radical (unpaired) electrons. The standard InChI is InChI=1S/C17H27N3/c1-13(2)20-12-4-3-10-16(20)15-9-6-11-18-17(15)19-14-7-5-8-14/h6,9,11,13-14,16H,3-5,7-8,10,12H2,1-2H3,(H,18,19)/t16-/m0/s1. The van der Waals surface area contributed by atoms with Crippen LogP contribution >= 0.6 is 0 Å². The Labute approximate surface area is 122 Å². The molecule has 110 valence electrons. The number of nitrogens with zero attached hydrogens (tertiary/aromatic N) is 2. The van der Waals surface area contributed by atoms with Crippen molar-refractivity contribution in [2.45, 2.75) is 70.5 Å². The zero-order chi connectivity index (χ0) is 13.9. The van der Waals surface area contributed by atoms with Crippen molar-refractivity contribution in [1.29, 1.82) is 0 Å². The molecule has 1 aliphatic carbocycles. The zero-order valence-electron chi connectivity index (χ0n) is 12.8. The van der Waals surface area contributed by atoms with Gasteiger partial charge in [0.1, 0.15) is 5.82 Å². The first-order chi connectivity index (χ1) is 9.75. The van der Waals surface area contributed by atoms with Crippen LogP contribution < -0.4 is 5.32 Å². The van der Waals surface area contributed by atoms with Gasteiger partial charge in [0.2, 0.25) is 0 Å². The van der Waals surface area contributed by atoms with Crippen molar-refractivity contribution < 1.29 is 0 Å². The van der Waals surface area contributed by atoms with Crippen LogP contribution in [0.4, 0.5) is 5.82 Å². The summed E-state index contributed by atoms with van der Waals surface area (Å²) in [6.45, 7) is 5.85. The molecule has 0 amide bonds. The summed E-state index contributed by atoms with van der Waals surface area (Å²) in [5.74, 6) is 1.13. The van der Waals surface area contributed by atoms with Gasteiger partial charge < -0.3 is 5.32 Å². The third kappa shape index (κ3) is 2.83. The third-order valence-electron chi connectivity index (χ3n) is 4.85. The van der Waals surface area contributed by atoms with Crippen molar-refractivity contribution in [2.24, 2.45) is 0 Å². The van der Waals surface area contributed by atoms with E-state index in [1.807, 2.05) is 6.20 Å². The Morgan fingerprint density at radius 2 is 2.05 bits per heavy atom. The summed E-state index contributed by atoms with van der Waals surface area (Å²) in [7, 11) is 0. The van der Waals surface area contributed by atoms with E-state index in [-0.39, 0.29) is 0 Å². The number of anilines is 1.